The summed E-state index contributed by atoms with van der Waals surface area (Å²) in [5, 5.41) is 16.3. The van der Waals surface area contributed by atoms with Crippen molar-refractivity contribution < 1.29 is 24.4 Å². The number of methoxy groups -OCH3 is 1. The highest BCUT2D eigenvalue weighted by Crippen LogP contribution is 1.87. The first-order valence-electron chi connectivity index (χ1n) is 5.69. The minimum Gasteiger partial charge on any atom is -0.394 e. The van der Waals surface area contributed by atoms with Crippen LogP contribution < -0.4 is 0 Å². The molecule has 5 heteroatoms. The van der Waals surface area contributed by atoms with Gasteiger partial charge in [-0.15, -0.1) is 0 Å². The molecule has 0 amide bonds. The van der Waals surface area contributed by atoms with Gasteiger partial charge in [-0.1, -0.05) is 13.3 Å². The summed E-state index contributed by atoms with van der Waals surface area (Å²) in [5.74, 6) is 0. The second-order valence-corrected chi connectivity index (χ2v) is 3.02. The Balaban J connectivity index is 0. The van der Waals surface area contributed by atoms with E-state index in [2.05, 4.69) is 11.7 Å². The predicted octanol–water partition coefficient (Wildman–Crippen LogP) is 0.437. The Bertz CT molecular complexity index is 90.4. The zero-order chi connectivity index (χ0) is 12.5. The summed E-state index contributed by atoms with van der Waals surface area (Å²) in [6.45, 7) is 5.25. The molecule has 5 nitrogen and oxygen atoms in total. The molecule has 0 unspecified atom stereocenters. The lowest BCUT2D eigenvalue weighted by Gasteiger charge is -2.02. The molecule has 0 aliphatic heterocycles. The van der Waals surface area contributed by atoms with E-state index in [0.29, 0.717) is 26.4 Å². The molecule has 16 heavy (non-hydrogen) atoms. The average Bonchev–Trinajstić information content (AvgIpc) is 2.30. The quantitative estimate of drug-likeness (QED) is 0.540. The Kier molecular flexibility index (Phi) is 23.0. The number of aliphatic hydroxyl groups excluding tert-OH is 2. The molecule has 0 saturated heterocycles. The molecule has 0 atom stereocenters. The molecule has 0 radical (unpaired) electrons. The van der Waals surface area contributed by atoms with Crippen molar-refractivity contribution in [2.24, 2.45) is 0 Å². The SMILES string of the molecule is CCCCOCCOCCO.COCCO. The Morgan fingerprint density at radius 1 is 0.812 bits per heavy atom. The monoisotopic (exact) mass is 238 g/mol. The van der Waals surface area contributed by atoms with Gasteiger partial charge in [0.05, 0.1) is 39.6 Å². The molecule has 0 aliphatic rings. The largest absolute Gasteiger partial charge is 0.394 e. The van der Waals surface area contributed by atoms with Crippen molar-refractivity contribution in [3.8, 4) is 0 Å². The maximum Gasteiger partial charge on any atom is 0.0701 e. The van der Waals surface area contributed by atoms with Gasteiger partial charge in [-0.2, -0.15) is 0 Å². The van der Waals surface area contributed by atoms with Crippen molar-refractivity contribution in [1.29, 1.82) is 0 Å². The number of hydrogen-bond acceptors (Lipinski definition) is 5. The van der Waals surface area contributed by atoms with Crippen molar-refractivity contribution in [3.05, 3.63) is 0 Å². The molecule has 0 aliphatic carbocycles. The first-order chi connectivity index (χ1) is 7.83. The molecular weight excluding hydrogens is 212 g/mol. The van der Waals surface area contributed by atoms with E-state index in [-0.39, 0.29) is 13.2 Å². The summed E-state index contributed by atoms with van der Waals surface area (Å²) < 4.78 is 14.6. The molecule has 0 bridgehead atoms. The molecule has 0 heterocycles. The fourth-order valence-electron chi connectivity index (χ4n) is 0.724. The molecule has 2 N–H and O–H groups in total. The Labute approximate surface area is 98.3 Å². The van der Waals surface area contributed by atoms with Crippen LogP contribution in [0.1, 0.15) is 19.8 Å². The van der Waals surface area contributed by atoms with Gasteiger partial charge in [0.2, 0.25) is 0 Å². The lowest BCUT2D eigenvalue weighted by atomic mass is 10.4. The number of hydrogen-bond donors (Lipinski definition) is 2. The Morgan fingerprint density at radius 3 is 1.75 bits per heavy atom. The number of rotatable bonds is 10. The summed E-state index contributed by atoms with van der Waals surface area (Å²) in [7, 11) is 1.55. The van der Waals surface area contributed by atoms with Gasteiger partial charge >= 0.3 is 0 Å². The number of aliphatic hydroxyl groups is 2. The molecule has 0 rings (SSSR count). The summed E-state index contributed by atoms with van der Waals surface area (Å²) >= 11 is 0. The van der Waals surface area contributed by atoms with Crippen LogP contribution in [-0.4, -0.2) is 63.6 Å². The van der Waals surface area contributed by atoms with Gasteiger partial charge in [-0.05, 0) is 6.42 Å². The molecule has 0 fully saturated rings. The van der Waals surface area contributed by atoms with Crippen LogP contribution in [-0.2, 0) is 14.2 Å². The predicted molar refractivity (Wildman–Crippen MR) is 62.6 cm³/mol. The summed E-state index contributed by atoms with van der Waals surface area (Å²) in [4.78, 5) is 0. The molecule has 0 aromatic rings. The first-order valence-corrected chi connectivity index (χ1v) is 5.69. The van der Waals surface area contributed by atoms with E-state index in [1.54, 1.807) is 7.11 Å². The maximum atomic E-state index is 8.34. The van der Waals surface area contributed by atoms with Gasteiger partial charge in [0.25, 0.3) is 0 Å². The van der Waals surface area contributed by atoms with Crippen LogP contribution >= 0.6 is 0 Å². The van der Waals surface area contributed by atoms with Crippen LogP contribution in [0, 0.1) is 0 Å². The average molecular weight is 238 g/mol. The topological polar surface area (TPSA) is 68.2 Å². The fraction of sp³-hybridized carbons (Fsp3) is 1.00. The van der Waals surface area contributed by atoms with Gasteiger partial charge < -0.3 is 24.4 Å². The smallest absolute Gasteiger partial charge is 0.0701 e. The zero-order valence-electron chi connectivity index (χ0n) is 10.5. The van der Waals surface area contributed by atoms with E-state index in [4.69, 9.17) is 19.7 Å². The van der Waals surface area contributed by atoms with E-state index < -0.39 is 0 Å². The number of unbranched alkanes of at least 4 members (excludes halogenated alkanes) is 1. The fourth-order valence-corrected chi connectivity index (χ4v) is 0.724. The van der Waals surface area contributed by atoms with Crippen molar-refractivity contribution in [1.82, 2.24) is 0 Å². The van der Waals surface area contributed by atoms with Crippen LogP contribution in [0.2, 0.25) is 0 Å². The normalized spacial score (nSPS) is 9.75. The van der Waals surface area contributed by atoms with Gasteiger partial charge in [0.1, 0.15) is 0 Å². The lowest BCUT2D eigenvalue weighted by Crippen LogP contribution is -2.07. The highest BCUT2D eigenvalue weighted by atomic mass is 16.5. The van der Waals surface area contributed by atoms with E-state index in [1.165, 1.54) is 0 Å². The third-order valence-corrected chi connectivity index (χ3v) is 1.55. The van der Waals surface area contributed by atoms with Crippen LogP contribution in [0.15, 0.2) is 0 Å². The second kappa shape index (κ2) is 20.2. The van der Waals surface area contributed by atoms with E-state index >= 15 is 0 Å². The molecular formula is C11H26O5. The minimum atomic E-state index is 0.0922. The van der Waals surface area contributed by atoms with Crippen molar-refractivity contribution >= 4 is 0 Å². The molecule has 0 aromatic heterocycles. The summed E-state index contributed by atoms with van der Waals surface area (Å²) in [6, 6.07) is 0. The van der Waals surface area contributed by atoms with Gasteiger partial charge in [-0.25, -0.2) is 0 Å². The second-order valence-electron chi connectivity index (χ2n) is 3.02. The minimum absolute atomic E-state index is 0.0922. The van der Waals surface area contributed by atoms with Crippen LogP contribution in [0.4, 0.5) is 0 Å². The van der Waals surface area contributed by atoms with Crippen LogP contribution in [0.25, 0.3) is 0 Å². The first kappa shape index (κ1) is 18.2. The summed E-state index contributed by atoms with van der Waals surface area (Å²) in [5.41, 5.74) is 0. The standard InChI is InChI=1S/C8H18O3.C3H8O2/c1-2-3-5-10-7-8-11-6-4-9;1-5-3-2-4/h9H,2-8H2,1H3;4H,2-3H2,1H3. The Hall–Kier alpha value is -0.200. The highest BCUT2D eigenvalue weighted by molar-refractivity contribution is 4.33. The van der Waals surface area contributed by atoms with Gasteiger partial charge in [0, 0.05) is 13.7 Å². The van der Waals surface area contributed by atoms with Gasteiger partial charge in [0.15, 0.2) is 0 Å². The van der Waals surface area contributed by atoms with Gasteiger partial charge in [-0.3, -0.25) is 0 Å². The maximum absolute atomic E-state index is 8.34. The third kappa shape index (κ3) is 23.5. The molecule has 100 valence electrons. The molecule has 0 aromatic carbocycles. The molecule has 0 spiro atoms. The van der Waals surface area contributed by atoms with E-state index in [0.717, 1.165) is 19.4 Å². The highest BCUT2D eigenvalue weighted by Gasteiger charge is 1.87. The van der Waals surface area contributed by atoms with E-state index in [9.17, 15) is 0 Å². The summed E-state index contributed by atoms with van der Waals surface area (Å²) in [6.07, 6.45) is 2.28. The van der Waals surface area contributed by atoms with E-state index in [1.807, 2.05) is 0 Å². The lowest BCUT2D eigenvalue weighted by molar-refractivity contribution is 0.0324. The molecule has 0 saturated carbocycles. The van der Waals surface area contributed by atoms with Crippen molar-refractivity contribution in [2.75, 3.05) is 53.4 Å². The zero-order valence-corrected chi connectivity index (χ0v) is 10.5. The van der Waals surface area contributed by atoms with Crippen molar-refractivity contribution in [2.45, 2.75) is 19.8 Å². The van der Waals surface area contributed by atoms with Crippen LogP contribution in [0.3, 0.4) is 0 Å². The number of ether oxygens (including phenoxy) is 3. The van der Waals surface area contributed by atoms with Crippen molar-refractivity contribution in [3.63, 3.8) is 0 Å². The van der Waals surface area contributed by atoms with Crippen LogP contribution in [0.5, 0.6) is 0 Å². The third-order valence-electron chi connectivity index (χ3n) is 1.55. The Morgan fingerprint density at radius 2 is 1.38 bits per heavy atom.